The fourth-order valence-corrected chi connectivity index (χ4v) is 2.60. The van der Waals surface area contributed by atoms with Crippen molar-refractivity contribution in [2.24, 2.45) is 0 Å². The minimum Gasteiger partial charge on any atom is -0.481 e. The van der Waals surface area contributed by atoms with Crippen LogP contribution in [-0.2, 0) is 11.2 Å². The first kappa shape index (κ1) is 13.2. The number of thiophene rings is 1. The Balaban J connectivity index is 2.26. The van der Waals surface area contributed by atoms with E-state index in [1.165, 1.54) is 11.3 Å². The number of rotatable bonds is 4. The Bertz CT molecular complexity index is 583. The number of hydrogen-bond acceptors (Lipinski definition) is 3. The van der Waals surface area contributed by atoms with E-state index in [9.17, 15) is 4.79 Å². The van der Waals surface area contributed by atoms with Crippen LogP contribution >= 0.6 is 34.5 Å². The Morgan fingerprint density at radius 2 is 2.06 bits per heavy atom. The molecule has 0 radical (unpaired) electrons. The molecule has 0 aliphatic carbocycles. The largest absolute Gasteiger partial charge is 0.481 e. The lowest BCUT2D eigenvalue weighted by atomic mass is 10.2. The summed E-state index contributed by atoms with van der Waals surface area (Å²) in [6.07, 6.45) is -0.0238. The molecular weight excluding hydrogens is 293 g/mol. The van der Waals surface area contributed by atoms with Crippen molar-refractivity contribution in [3.8, 4) is 0 Å². The molecule has 0 unspecified atom stereocenters. The molecule has 2 aromatic rings. The molecule has 0 bridgehead atoms. The van der Waals surface area contributed by atoms with Crippen LogP contribution in [0, 0.1) is 0 Å². The van der Waals surface area contributed by atoms with Gasteiger partial charge in [-0.2, -0.15) is 0 Å². The fraction of sp³-hybridized carbons (Fsp3) is 0.0833. The maximum Gasteiger partial charge on any atom is 0.307 e. The van der Waals surface area contributed by atoms with Crippen LogP contribution in [0.2, 0.25) is 10.0 Å². The van der Waals surface area contributed by atoms with Gasteiger partial charge in [0.15, 0.2) is 0 Å². The molecule has 2 rings (SSSR count). The van der Waals surface area contributed by atoms with E-state index in [1.807, 2.05) is 5.38 Å². The lowest BCUT2D eigenvalue weighted by Gasteiger charge is -2.09. The first-order valence-electron chi connectivity index (χ1n) is 5.05. The molecule has 1 aromatic carbocycles. The van der Waals surface area contributed by atoms with E-state index in [2.05, 4.69) is 5.32 Å². The summed E-state index contributed by atoms with van der Waals surface area (Å²) in [6, 6.07) is 5.09. The third-order valence-electron chi connectivity index (χ3n) is 2.28. The molecule has 1 aromatic heterocycles. The summed E-state index contributed by atoms with van der Waals surface area (Å²) in [4.78, 5) is 10.7. The van der Waals surface area contributed by atoms with Gasteiger partial charge >= 0.3 is 5.97 Å². The highest BCUT2D eigenvalue weighted by molar-refractivity contribution is 7.08. The van der Waals surface area contributed by atoms with Gasteiger partial charge < -0.3 is 10.4 Å². The summed E-state index contributed by atoms with van der Waals surface area (Å²) in [6.45, 7) is 0. The van der Waals surface area contributed by atoms with Gasteiger partial charge in [0.2, 0.25) is 0 Å². The maximum absolute atomic E-state index is 10.7. The lowest BCUT2D eigenvalue weighted by Crippen LogP contribution is -2.01. The Hall–Kier alpha value is -1.23. The summed E-state index contributed by atoms with van der Waals surface area (Å²) in [5.41, 5.74) is 2.13. The first-order valence-corrected chi connectivity index (χ1v) is 6.75. The summed E-state index contributed by atoms with van der Waals surface area (Å²) in [5.74, 6) is -0.867. The quantitative estimate of drug-likeness (QED) is 0.878. The third-order valence-corrected chi connectivity index (χ3v) is 3.64. The number of benzene rings is 1. The number of aliphatic carboxylic acids is 1. The second-order valence-electron chi connectivity index (χ2n) is 3.63. The smallest absolute Gasteiger partial charge is 0.307 e. The second kappa shape index (κ2) is 5.61. The molecule has 6 heteroatoms. The maximum atomic E-state index is 10.7. The van der Waals surface area contributed by atoms with Gasteiger partial charge in [-0.15, -0.1) is 11.3 Å². The van der Waals surface area contributed by atoms with E-state index < -0.39 is 5.97 Å². The highest BCUT2D eigenvalue weighted by Gasteiger charge is 2.10. The molecule has 0 spiro atoms. The van der Waals surface area contributed by atoms with Crippen LogP contribution in [0.4, 0.5) is 11.4 Å². The van der Waals surface area contributed by atoms with Crippen LogP contribution in [0.5, 0.6) is 0 Å². The molecule has 3 nitrogen and oxygen atoms in total. The summed E-state index contributed by atoms with van der Waals surface area (Å²) < 4.78 is 0. The van der Waals surface area contributed by atoms with Crippen molar-refractivity contribution in [3.05, 3.63) is 44.6 Å². The van der Waals surface area contributed by atoms with Crippen molar-refractivity contribution in [1.82, 2.24) is 0 Å². The molecule has 0 aliphatic rings. The monoisotopic (exact) mass is 301 g/mol. The average Bonchev–Trinajstić information content (AvgIpc) is 2.70. The lowest BCUT2D eigenvalue weighted by molar-refractivity contribution is -0.136. The number of hydrogen-bond donors (Lipinski definition) is 2. The predicted octanol–water partition coefficient (Wildman–Crippen LogP) is 4.43. The van der Waals surface area contributed by atoms with Crippen molar-refractivity contribution < 1.29 is 9.90 Å². The highest BCUT2D eigenvalue weighted by atomic mass is 35.5. The predicted molar refractivity (Wildman–Crippen MR) is 75.4 cm³/mol. The zero-order valence-corrected chi connectivity index (χ0v) is 11.4. The minimum atomic E-state index is -0.867. The van der Waals surface area contributed by atoms with E-state index in [0.717, 1.165) is 11.3 Å². The van der Waals surface area contributed by atoms with E-state index in [1.54, 1.807) is 23.6 Å². The van der Waals surface area contributed by atoms with Gasteiger partial charge in [0.05, 0.1) is 22.8 Å². The number of carboxylic acids is 1. The van der Waals surface area contributed by atoms with Crippen LogP contribution in [0.1, 0.15) is 5.56 Å². The van der Waals surface area contributed by atoms with Gasteiger partial charge in [0.1, 0.15) is 0 Å². The Morgan fingerprint density at radius 1 is 1.28 bits per heavy atom. The molecule has 0 saturated heterocycles. The molecule has 0 aliphatic heterocycles. The molecule has 2 N–H and O–H groups in total. The number of nitrogens with one attached hydrogen (secondary N) is 1. The van der Waals surface area contributed by atoms with Crippen molar-refractivity contribution in [2.75, 3.05) is 5.32 Å². The summed E-state index contributed by atoms with van der Waals surface area (Å²) in [5, 5.41) is 16.6. The summed E-state index contributed by atoms with van der Waals surface area (Å²) >= 11 is 13.4. The van der Waals surface area contributed by atoms with Crippen LogP contribution in [0.15, 0.2) is 29.0 Å². The zero-order chi connectivity index (χ0) is 13.1. The van der Waals surface area contributed by atoms with Crippen molar-refractivity contribution >= 4 is 51.9 Å². The number of anilines is 2. The van der Waals surface area contributed by atoms with E-state index in [-0.39, 0.29) is 6.42 Å². The third kappa shape index (κ3) is 3.16. The van der Waals surface area contributed by atoms with Gasteiger partial charge in [0.25, 0.3) is 0 Å². The van der Waals surface area contributed by atoms with Crippen LogP contribution in [0.3, 0.4) is 0 Å². The number of halogens is 2. The second-order valence-corrected chi connectivity index (χ2v) is 5.22. The van der Waals surface area contributed by atoms with E-state index >= 15 is 0 Å². The van der Waals surface area contributed by atoms with Crippen LogP contribution in [-0.4, -0.2) is 11.1 Å². The molecule has 1 heterocycles. The highest BCUT2D eigenvalue weighted by Crippen LogP contribution is 2.31. The number of carbonyl (C=O) groups is 1. The van der Waals surface area contributed by atoms with E-state index in [0.29, 0.717) is 15.7 Å². The Morgan fingerprint density at radius 3 is 2.78 bits per heavy atom. The van der Waals surface area contributed by atoms with Crippen molar-refractivity contribution in [1.29, 1.82) is 0 Å². The molecule has 0 saturated carbocycles. The van der Waals surface area contributed by atoms with Crippen LogP contribution < -0.4 is 5.32 Å². The van der Waals surface area contributed by atoms with Crippen molar-refractivity contribution in [3.63, 3.8) is 0 Å². The molecule has 18 heavy (non-hydrogen) atoms. The van der Waals surface area contributed by atoms with Gasteiger partial charge in [-0.1, -0.05) is 23.2 Å². The Kier molecular flexibility index (Phi) is 4.11. The molecule has 0 atom stereocenters. The minimum absolute atomic E-state index is 0.0238. The fourth-order valence-electron chi connectivity index (χ4n) is 1.47. The topological polar surface area (TPSA) is 49.3 Å². The van der Waals surface area contributed by atoms with Crippen LogP contribution in [0.25, 0.3) is 0 Å². The zero-order valence-electron chi connectivity index (χ0n) is 9.11. The van der Waals surface area contributed by atoms with Gasteiger partial charge in [-0.25, -0.2) is 0 Å². The average molecular weight is 302 g/mol. The van der Waals surface area contributed by atoms with Gasteiger partial charge in [-0.3, -0.25) is 4.79 Å². The molecule has 0 fully saturated rings. The molecular formula is C12H9Cl2NO2S. The standard InChI is InChI=1S/C12H9Cl2NO2S/c13-8-1-2-9(14)10(4-8)15-11-6-18-5-7(11)3-12(16)17/h1-2,4-6,15H,3H2,(H,16,17). The SMILES string of the molecule is O=C(O)Cc1cscc1Nc1cc(Cl)ccc1Cl. The molecule has 0 amide bonds. The van der Waals surface area contributed by atoms with E-state index in [4.69, 9.17) is 28.3 Å². The normalized spacial score (nSPS) is 10.3. The van der Waals surface area contributed by atoms with Crippen molar-refractivity contribution in [2.45, 2.75) is 6.42 Å². The van der Waals surface area contributed by atoms with Gasteiger partial charge in [-0.05, 0) is 29.1 Å². The molecule has 94 valence electrons. The summed E-state index contributed by atoms with van der Waals surface area (Å²) in [7, 11) is 0. The Labute approximate surface area is 118 Å². The first-order chi connectivity index (χ1) is 8.56. The number of carboxylic acid groups (broad SMARTS) is 1. The van der Waals surface area contributed by atoms with Gasteiger partial charge in [0, 0.05) is 10.4 Å².